The largest absolute Gasteiger partial charge is 0.382 e. The quantitative estimate of drug-likeness (QED) is 0.222. The SMILES string of the molecule is Cc1cccc(F)c1C(=O)N1C2CCC[C@@H]2C[C@H](C(=O)Nc2cnc(-n3nccn3)c(Cl)c2)[C@@H]1c1ccc(NC2CCCC2)cc1. The molecule has 238 valence electrons. The number of aromatic nitrogens is 4. The predicted molar refractivity (Wildman–Crippen MR) is 174 cm³/mol. The standard InChI is InChI=1S/C35H37ClFN7O2/c1-21-6-4-10-29(37)31(21)35(46)43-30-11-5-7-23(30)18-27(32(43)22-12-14-25(15-13-22)41-24-8-2-3-9-24)34(45)42-26-19-28(36)33(38-20-26)44-39-16-17-40-44/h4,6,10,12-17,19-20,23-24,27,30,32,41H,2-3,5,7-9,11,18H2,1H3,(H,42,45)/t23-,27+,30?,32+/m1/s1. The van der Waals surface area contributed by atoms with Crippen LogP contribution in [-0.2, 0) is 4.79 Å². The van der Waals surface area contributed by atoms with Gasteiger partial charge in [-0.3, -0.25) is 9.59 Å². The Morgan fingerprint density at radius 1 is 0.957 bits per heavy atom. The van der Waals surface area contributed by atoms with Gasteiger partial charge in [0.05, 0.1) is 46.8 Å². The van der Waals surface area contributed by atoms with E-state index in [4.69, 9.17) is 11.6 Å². The second-order valence-corrected chi connectivity index (χ2v) is 13.2. The van der Waals surface area contributed by atoms with Crippen molar-refractivity contribution in [1.29, 1.82) is 0 Å². The zero-order chi connectivity index (χ0) is 31.8. The molecule has 1 unspecified atom stereocenters. The summed E-state index contributed by atoms with van der Waals surface area (Å²) in [7, 11) is 0. The first-order valence-corrected chi connectivity index (χ1v) is 16.5. The molecule has 2 amide bonds. The van der Waals surface area contributed by atoms with Crippen molar-refractivity contribution in [2.24, 2.45) is 11.8 Å². The van der Waals surface area contributed by atoms with Crippen LogP contribution < -0.4 is 10.6 Å². The van der Waals surface area contributed by atoms with Crippen molar-refractivity contribution in [2.45, 2.75) is 76.4 Å². The Hall–Kier alpha value is -4.31. The molecule has 11 heteroatoms. The van der Waals surface area contributed by atoms with Gasteiger partial charge in [0.2, 0.25) is 5.91 Å². The second kappa shape index (κ2) is 12.8. The summed E-state index contributed by atoms with van der Waals surface area (Å²) in [5, 5.41) is 15.1. The third kappa shape index (κ3) is 5.86. The molecule has 3 fully saturated rings. The number of aryl methyl sites for hydroxylation is 1. The maximum Gasteiger partial charge on any atom is 0.257 e. The number of amides is 2. The number of hydrogen-bond acceptors (Lipinski definition) is 6. The summed E-state index contributed by atoms with van der Waals surface area (Å²) in [5.74, 6) is -1.28. The summed E-state index contributed by atoms with van der Waals surface area (Å²) in [6, 6.07) is 14.2. The maximum atomic E-state index is 15.3. The molecule has 46 heavy (non-hydrogen) atoms. The van der Waals surface area contributed by atoms with Crippen LogP contribution in [0.2, 0.25) is 5.02 Å². The Morgan fingerprint density at radius 2 is 1.72 bits per heavy atom. The van der Waals surface area contributed by atoms with Gasteiger partial charge in [-0.2, -0.15) is 10.2 Å². The minimum atomic E-state index is -0.595. The molecule has 0 spiro atoms. The van der Waals surface area contributed by atoms with Crippen molar-refractivity contribution in [3.05, 3.63) is 94.7 Å². The smallest absolute Gasteiger partial charge is 0.257 e. The van der Waals surface area contributed by atoms with Gasteiger partial charge in [-0.05, 0) is 80.3 Å². The van der Waals surface area contributed by atoms with Gasteiger partial charge in [-0.15, -0.1) is 4.80 Å². The molecule has 2 aromatic heterocycles. The highest BCUT2D eigenvalue weighted by atomic mass is 35.5. The Kier molecular flexibility index (Phi) is 8.46. The van der Waals surface area contributed by atoms with E-state index in [2.05, 4.69) is 25.8 Å². The molecule has 3 aliphatic rings. The van der Waals surface area contributed by atoms with Crippen LogP contribution in [0.15, 0.2) is 67.1 Å². The number of piperidine rings is 1. The Balaban J connectivity index is 1.25. The molecule has 4 atom stereocenters. The van der Waals surface area contributed by atoms with E-state index in [9.17, 15) is 9.59 Å². The topological polar surface area (TPSA) is 105 Å². The van der Waals surface area contributed by atoms with Gasteiger partial charge < -0.3 is 15.5 Å². The summed E-state index contributed by atoms with van der Waals surface area (Å²) in [5.41, 5.74) is 2.94. The number of hydrogen-bond donors (Lipinski definition) is 2. The number of anilines is 2. The summed E-state index contributed by atoms with van der Waals surface area (Å²) in [4.78, 5) is 36.3. The molecule has 2 N–H and O–H groups in total. The highest BCUT2D eigenvalue weighted by Gasteiger charge is 2.50. The minimum absolute atomic E-state index is 0.0672. The molecule has 2 aromatic carbocycles. The molecule has 4 aromatic rings. The Morgan fingerprint density at radius 3 is 2.43 bits per heavy atom. The lowest BCUT2D eigenvalue weighted by atomic mass is 9.76. The number of nitrogens with zero attached hydrogens (tertiary/aromatic N) is 5. The van der Waals surface area contributed by atoms with Gasteiger partial charge >= 0.3 is 0 Å². The van der Waals surface area contributed by atoms with E-state index in [0.717, 1.165) is 43.4 Å². The number of carbonyl (C=O) groups excluding carboxylic acids is 2. The molecule has 1 aliphatic heterocycles. The molecule has 2 saturated carbocycles. The zero-order valence-electron chi connectivity index (χ0n) is 25.7. The van der Waals surface area contributed by atoms with Crippen molar-refractivity contribution >= 4 is 34.8 Å². The third-order valence-corrected chi connectivity index (χ3v) is 10.2. The van der Waals surface area contributed by atoms with E-state index < -0.39 is 17.8 Å². The fraction of sp³-hybridized carbons (Fsp3) is 0.400. The average Bonchev–Trinajstić information content (AvgIpc) is 3.84. The summed E-state index contributed by atoms with van der Waals surface area (Å²) in [6.45, 7) is 1.76. The van der Waals surface area contributed by atoms with E-state index in [-0.39, 0.29) is 34.4 Å². The van der Waals surface area contributed by atoms with Crippen LogP contribution >= 0.6 is 11.6 Å². The lowest BCUT2D eigenvalue weighted by Crippen LogP contribution is -2.54. The monoisotopic (exact) mass is 641 g/mol. The maximum absolute atomic E-state index is 15.3. The molecular formula is C35H37ClFN7O2. The number of benzene rings is 2. The molecular weight excluding hydrogens is 605 g/mol. The van der Waals surface area contributed by atoms with E-state index in [0.29, 0.717) is 29.5 Å². The van der Waals surface area contributed by atoms with Gasteiger partial charge in [0, 0.05) is 17.8 Å². The van der Waals surface area contributed by atoms with Gasteiger partial charge in [0.25, 0.3) is 5.91 Å². The average molecular weight is 642 g/mol. The lowest BCUT2D eigenvalue weighted by Gasteiger charge is -2.48. The molecule has 1 saturated heterocycles. The molecule has 0 radical (unpaired) electrons. The number of fused-ring (bicyclic) bond motifs is 1. The fourth-order valence-electron chi connectivity index (χ4n) is 7.75. The van der Waals surface area contributed by atoms with Crippen LogP contribution in [0, 0.1) is 24.6 Å². The van der Waals surface area contributed by atoms with Gasteiger partial charge in [0.15, 0.2) is 5.82 Å². The first kappa shape index (κ1) is 30.3. The third-order valence-electron chi connectivity index (χ3n) is 9.90. The predicted octanol–water partition coefficient (Wildman–Crippen LogP) is 7.13. The van der Waals surface area contributed by atoms with Crippen molar-refractivity contribution < 1.29 is 14.0 Å². The summed E-state index contributed by atoms with van der Waals surface area (Å²) in [6.07, 6.45) is 12.6. The number of likely N-dealkylation sites (tertiary alicyclic amines) is 1. The molecule has 0 bridgehead atoms. The van der Waals surface area contributed by atoms with Crippen LogP contribution in [0.4, 0.5) is 15.8 Å². The van der Waals surface area contributed by atoms with Crippen LogP contribution in [0.25, 0.3) is 5.82 Å². The Bertz CT molecular complexity index is 1710. The van der Waals surface area contributed by atoms with Crippen LogP contribution in [0.3, 0.4) is 0 Å². The van der Waals surface area contributed by atoms with Crippen molar-refractivity contribution in [3.63, 3.8) is 0 Å². The molecule has 3 heterocycles. The van der Waals surface area contributed by atoms with E-state index >= 15 is 4.39 Å². The minimum Gasteiger partial charge on any atom is -0.382 e. The molecule has 2 aliphatic carbocycles. The van der Waals surface area contributed by atoms with E-state index in [1.54, 1.807) is 25.1 Å². The van der Waals surface area contributed by atoms with Crippen molar-refractivity contribution in [2.75, 3.05) is 10.6 Å². The van der Waals surface area contributed by atoms with E-state index in [1.165, 1.54) is 42.3 Å². The fourth-order valence-corrected chi connectivity index (χ4v) is 8.00. The van der Waals surface area contributed by atoms with Crippen molar-refractivity contribution in [1.82, 2.24) is 24.9 Å². The highest BCUT2D eigenvalue weighted by Crippen LogP contribution is 2.49. The van der Waals surface area contributed by atoms with Gasteiger partial charge in [-0.25, -0.2) is 9.37 Å². The van der Waals surface area contributed by atoms with Crippen LogP contribution in [-0.4, -0.2) is 48.8 Å². The normalized spacial score (nSPS) is 22.9. The molecule has 9 nitrogen and oxygen atoms in total. The number of pyridine rings is 1. The number of nitrogens with one attached hydrogen (secondary N) is 2. The highest BCUT2D eigenvalue weighted by molar-refractivity contribution is 6.32. The second-order valence-electron chi connectivity index (χ2n) is 12.8. The number of rotatable bonds is 7. The zero-order valence-corrected chi connectivity index (χ0v) is 26.5. The van der Waals surface area contributed by atoms with Crippen LogP contribution in [0.1, 0.15) is 78.9 Å². The van der Waals surface area contributed by atoms with Gasteiger partial charge in [-0.1, -0.05) is 55.1 Å². The summed E-state index contributed by atoms with van der Waals surface area (Å²) >= 11 is 6.52. The van der Waals surface area contributed by atoms with Crippen LogP contribution in [0.5, 0.6) is 0 Å². The van der Waals surface area contributed by atoms with E-state index in [1.807, 2.05) is 29.2 Å². The first-order valence-electron chi connectivity index (χ1n) is 16.1. The lowest BCUT2D eigenvalue weighted by molar-refractivity contribution is -0.125. The Labute approximate surface area is 272 Å². The number of carbonyl (C=O) groups is 2. The van der Waals surface area contributed by atoms with Crippen molar-refractivity contribution in [3.8, 4) is 5.82 Å². The number of halogens is 2. The summed E-state index contributed by atoms with van der Waals surface area (Å²) < 4.78 is 15.3. The van der Waals surface area contributed by atoms with Gasteiger partial charge in [0.1, 0.15) is 5.82 Å². The first-order chi connectivity index (χ1) is 22.4. The molecule has 7 rings (SSSR count).